The molecule has 2 fully saturated rings. The van der Waals surface area contributed by atoms with E-state index < -0.39 is 4.92 Å². The Kier molecular flexibility index (Phi) is 6.41. The number of nitro groups is 1. The zero-order valence-corrected chi connectivity index (χ0v) is 18.6. The molecule has 4 heterocycles. The normalized spacial score (nSPS) is 21.6. The quantitative estimate of drug-likeness (QED) is 0.407. The minimum Gasteiger partial charge on any atom is -0.486 e. The summed E-state index contributed by atoms with van der Waals surface area (Å²) < 4.78 is 22.0. The second-order valence-corrected chi connectivity index (χ2v) is 8.51. The summed E-state index contributed by atoms with van der Waals surface area (Å²) in [5.74, 6) is 1.08. The van der Waals surface area contributed by atoms with Crippen molar-refractivity contribution in [1.82, 2.24) is 0 Å². The van der Waals surface area contributed by atoms with Crippen molar-refractivity contribution in [1.29, 1.82) is 0 Å². The summed E-state index contributed by atoms with van der Waals surface area (Å²) in [5, 5.41) is 11.0. The molecule has 2 saturated heterocycles. The van der Waals surface area contributed by atoms with Crippen molar-refractivity contribution in [2.45, 2.75) is 38.1 Å². The first-order valence-electron chi connectivity index (χ1n) is 11.3. The van der Waals surface area contributed by atoms with E-state index in [0.717, 1.165) is 48.4 Å². The molecule has 2 aromatic rings. The van der Waals surface area contributed by atoms with E-state index in [1.165, 1.54) is 11.6 Å². The van der Waals surface area contributed by atoms with Crippen LogP contribution in [0.15, 0.2) is 34.3 Å². The van der Waals surface area contributed by atoms with Crippen LogP contribution in [0.2, 0.25) is 0 Å². The lowest BCUT2D eigenvalue weighted by Crippen LogP contribution is -2.16. The van der Waals surface area contributed by atoms with Crippen molar-refractivity contribution in [3.8, 4) is 11.5 Å². The van der Waals surface area contributed by atoms with Crippen molar-refractivity contribution in [3.63, 3.8) is 0 Å². The Balaban J connectivity index is 0.000000142. The van der Waals surface area contributed by atoms with E-state index in [1.54, 1.807) is 12.3 Å². The SMILES string of the molecule is Nc1cc2c(cc1O[C@H]1CCOC1)CN=C2.O=[N+]([O-])c1cc2c(cc1O[C@H]1CCOC1)CN=C2. The predicted octanol–water partition coefficient (Wildman–Crippen LogP) is 3.06. The van der Waals surface area contributed by atoms with E-state index >= 15 is 0 Å². The molecule has 0 radical (unpaired) electrons. The second-order valence-electron chi connectivity index (χ2n) is 8.51. The Morgan fingerprint density at radius 2 is 1.44 bits per heavy atom. The molecule has 0 spiro atoms. The molecule has 10 heteroatoms. The zero-order valence-electron chi connectivity index (χ0n) is 18.6. The smallest absolute Gasteiger partial charge is 0.311 e. The van der Waals surface area contributed by atoms with Gasteiger partial charge in [0, 0.05) is 36.9 Å². The van der Waals surface area contributed by atoms with Crippen LogP contribution in [0.1, 0.15) is 35.1 Å². The molecule has 178 valence electrons. The molecular formula is C24H26N4O6. The lowest BCUT2D eigenvalue weighted by Gasteiger charge is -2.14. The van der Waals surface area contributed by atoms with Crippen LogP contribution in [0, 0.1) is 10.1 Å². The number of ether oxygens (including phenoxy) is 4. The number of benzene rings is 2. The highest BCUT2D eigenvalue weighted by Crippen LogP contribution is 2.34. The van der Waals surface area contributed by atoms with Gasteiger partial charge >= 0.3 is 5.69 Å². The minimum absolute atomic E-state index is 0.00556. The monoisotopic (exact) mass is 466 g/mol. The molecule has 0 bridgehead atoms. The number of rotatable bonds is 5. The van der Waals surface area contributed by atoms with Crippen molar-refractivity contribution in [2.24, 2.45) is 9.98 Å². The van der Waals surface area contributed by atoms with E-state index in [-0.39, 0.29) is 17.9 Å². The van der Waals surface area contributed by atoms with Gasteiger partial charge in [0.25, 0.3) is 0 Å². The fourth-order valence-corrected chi connectivity index (χ4v) is 4.19. The first kappa shape index (κ1) is 22.3. The van der Waals surface area contributed by atoms with Crippen LogP contribution < -0.4 is 15.2 Å². The van der Waals surface area contributed by atoms with Gasteiger partial charge in [-0.05, 0) is 34.9 Å². The van der Waals surface area contributed by atoms with E-state index in [2.05, 4.69) is 9.98 Å². The van der Waals surface area contributed by atoms with Gasteiger partial charge in [0.1, 0.15) is 18.0 Å². The van der Waals surface area contributed by atoms with Gasteiger partial charge in [0.2, 0.25) is 0 Å². The Labute approximate surface area is 196 Å². The molecule has 2 atom stereocenters. The number of nitrogen functional groups attached to an aromatic ring is 1. The van der Waals surface area contributed by atoms with Gasteiger partial charge in [-0.15, -0.1) is 0 Å². The number of anilines is 1. The van der Waals surface area contributed by atoms with Crippen molar-refractivity contribution >= 4 is 23.8 Å². The summed E-state index contributed by atoms with van der Waals surface area (Å²) >= 11 is 0. The number of nitro benzene ring substituents is 1. The molecule has 0 saturated carbocycles. The van der Waals surface area contributed by atoms with Crippen LogP contribution in [0.25, 0.3) is 0 Å². The summed E-state index contributed by atoms with van der Waals surface area (Å²) in [4.78, 5) is 18.9. The predicted molar refractivity (Wildman–Crippen MR) is 126 cm³/mol. The maximum atomic E-state index is 11.0. The molecule has 10 nitrogen and oxygen atoms in total. The molecule has 2 aromatic carbocycles. The lowest BCUT2D eigenvalue weighted by atomic mass is 10.1. The zero-order chi connectivity index (χ0) is 23.5. The first-order chi connectivity index (χ1) is 16.6. The van der Waals surface area contributed by atoms with Crippen LogP contribution in [0.4, 0.5) is 11.4 Å². The number of aliphatic imine (C=N–C) groups is 2. The molecule has 2 N–H and O–H groups in total. The number of fused-ring (bicyclic) bond motifs is 2. The van der Waals surface area contributed by atoms with Gasteiger partial charge < -0.3 is 24.7 Å². The van der Waals surface area contributed by atoms with Gasteiger partial charge in [-0.3, -0.25) is 20.1 Å². The standard InChI is InChI=1S/C12H12N2O4.C12H14N2O2/c15-14(16)11-3-8-5-13-6-9(8)4-12(11)18-10-1-2-17-7-10;13-11-3-8-5-14-6-9(8)4-12(11)16-10-1-2-15-7-10/h3-5,10H,1-2,6-7H2;3-5,10H,1-2,6-7,13H2/t2*10-/m00/s1. The van der Waals surface area contributed by atoms with E-state index in [0.29, 0.717) is 37.8 Å². The van der Waals surface area contributed by atoms with Crippen LogP contribution in [-0.4, -0.2) is 56.0 Å². The van der Waals surface area contributed by atoms with Crippen LogP contribution in [-0.2, 0) is 22.6 Å². The molecule has 6 rings (SSSR count). The highest BCUT2D eigenvalue weighted by atomic mass is 16.6. The summed E-state index contributed by atoms with van der Waals surface area (Å²) in [6.07, 6.45) is 5.27. The third kappa shape index (κ3) is 4.87. The molecule has 0 amide bonds. The lowest BCUT2D eigenvalue weighted by molar-refractivity contribution is -0.386. The highest BCUT2D eigenvalue weighted by molar-refractivity contribution is 5.87. The second kappa shape index (κ2) is 9.78. The molecule has 4 aliphatic heterocycles. The Bertz CT molecular complexity index is 1140. The van der Waals surface area contributed by atoms with E-state index in [4.69, 9.17) is 24.7 Å². The number of hydrogen-bond donors (Lipinski definition) is 1. The first-order valence-corrected chi connectivity index (χ1v) is 11.3. The fourth-order valence-electron chi connectivity index (χ4n) is 4.19. The van der Waals surface area contributed by atoms with Crippen LogP contribution in [0.5, 0.6) is 11.5 Å². The van der Waals surface area contributed by atoms with Gasteiger partial charge in [-0.1, -0.05) is 0 Å². The topological polar surface area (TPSA) is 131 Å². The number of hydrogen-bond acceptors (Lipinski definition) is 9. The molecule has 0 aliphatic carbocycles. The molecule has 0 unspecified atom stereocenters. The third-order valence-electron chi connectivity index (χ3n) is 6.04. The maximum absolute atomic E-state index is 11.0. The Morgan fingerprint density at radius 3 is 2.00 bits per heavy atom. The largest absolute Gasteiger partial charge is 0.486 e. The van der Waals surface area contributed by atoms with E-state index in [9.17, 15) is 10.1 Å². The average Bonchev–Trinajstić information content (AvgIpc) is 3.62. The molecule has 0 aromatic heterocycles. The minimum atomic E-state index is -0.419. The molecule has 4 aliphatic rings. The molecule has 34 heavy (non-hydrogen) atoms. The third-order valence-corrected chi connectivity index (χ3v) is 6.04. The summed E-state index contributed by atoms with van der Waals surface area (Å²) in [6, 6.07) is 7.17. The Morgan fingerprint density at radius 1 is 0.882 bits per heavy atom. The van der Waals surface area contributed by atoms with Gasteiger partial charge in [0.05, 0.1) is 50.1 Å². The van der Waals surface area contributed by atoms with Crippen molar-refractivity contribution < 1.29 is 23.9 Å². The average molecular weight is 466 g/mol. The summed E-state index contributed by atoms with van der Waals surface area (Å²) in [5.41, 5.74) is 10.7. The number of nitrogens with two attached hydrogens (primary N) is 1. The van der Waals surface area contributed by atoms with Crippen molar-refractivity contribution in [2.75, 3.05) is 32.2 Å². The van der Waals surface area contributed by atoms with Crippen LogP contribution in [0.3, 0.4) is 0 Å². The summed E-state index contributed by atoms with van der Waals surface area (Å²) in [7, 11) is 0. The fraction of sp³-hybridized carbons (Fsp3) is 0.417. The van der Waals surface area contributed by atoms with Crippen molar-refractivity contribution in [3.05, 3.63) is 56.6 Å². The Hall–Kier alpha value is -3.50. The summed E-state index contributed by atoms with van der Waals surface area (Å²) in [6.45, 7) is 3.86. The number of nitrogens with zero attached hydrogens (tertiary/aromatic N) is 3. The highest BCUT2D eigenvalue weighted by Gasteiger charge is 2.25. The van der Waals surface area contributed by atoms with Gasteiger partial charge in [0.15, 0.2) is 5.75 Å². The van der Waals surface area contributed by atoms with Gasteiger partial charge in [-0.25, -0.2) is 0 Å². The van der Waals surface area contributed by atoms with Gasteiger partial charge in [-0.2, -0.15) is 0 Å². The van der Waals surface area contributed by atoms with Crippen LogP contribution >= 0.6 is 0 Å². The maximum Gasteiger partial charge on any atom is 0.311 e. The molecular weight excluding hydrogens is 440 g/mol. The van der Waals surface area contributed by atoms with E-state index in [1.807, 2.05) is 18.3 Å².